The summed E-state index contributed by atoms with van der Waals surface area (Å²) in [7, 11) is 0. The third kappa shape index (κ3) is 1.98. The van der Waals surface area contributed by atoms with Crippen LogP contribution < -0.4 is 0 Å². The number of hydrogen-bond donors (Lipinski definition) is 1. The second-order valence-electron chi connectivity index (χ2n) is 3.12. The van der Waals surface area contributed by atoms with E-state index in [1.807, 2.05) is 18.3 Å². The van der Waals surface area contributed by atoms with Crippen molar-refractivity contribution in [1.29, 1.82) is 0 Å². The minimum Gasteiger partial charge on any atom is -0.410 e. The molecule has 0 aliphatic rings. The minimum absolute atomic E-state index is 0.451. The number of nitrogens with one attached hydrogen (secondary N) is 1. The van der Waals surface area contributed by atoms with E-state index in [2.05, 4.69) is 29.0 Å². The van der Waals surface area contributed by atoms with Crippen LogP contribution in [0.1, 0.15) is 13.8 Å². The molecule has 74 valence electrons. The molecule has 0 unspecified atom stereocenters. The molecule has 0 fully saturated rings. The largest absolute Gasteiger partial charge is 0.410 e. The summed E-state index contributed by atoms with van der Waals surface area (Å²) in [5.41, 5.74) is 0.855. The van der Waals surface area contributed by atoms with Gasteiger partial charge in [-0.3, -0.25) is 0 Å². The van der Waals surface area contributed by atoms with Crippen LogP contribution in [0.5, 0.6) is 0 Å². The Morgan fingerprint density at radius 1 is 1.43 bits per heavy atom. The minimum atomic E-state index is 0.451. The SMILES string of the molecule is CC(C)Sc1nnc(-c2ccc[nH]2)o1. The molecule has 0 spiro atoms. The molecule has 2 heterocycles. The molecule has 0 aliphatic heterocycles. The van der Waals surface area contributed by atoms with Crippen LogP contribution in [0, 0.1) is 0 Å². The molecular weight excluding hydrogens is 198 g/mol. The standard InChI is InChI=1S/C9H11N3OS/c1-6(2)14-9-12-11-8(13-9)7-4-3-5-10-7/h3-6,10H,1-2H3. The lowest BCUT2D eigenvalue weighted by Gasteiger charge is -1.96. The third-order valence-corrected chi connectivity index (χ3v) is 2.41. The van der Waals surface area contributed by atoms with Gasteiger partial charge in [-0.05, 0) is 12.1 Å². The summed E-state index contributed by atoms with van der Waals surface area (Å²) >= 11 is 1.56. The van der Waals surface area contributed by atoms with E-state index in [1.54, 1.807) is 11.8 Å². The maximum Gasteiger partial charge on any atom is 0.277 e. The molecule has 0 aromatic carbocycles. The van der Waals surface area contributed by atoms with E-state index in [9.17, 15) is 0 Å². The van der Waals surface area contributed by atoms with E-state index in [4.69, 9.17) is 4.42 Å². The normalized spacial score (nSPS) is 11.1. The van der Waals surface area contributed by atoms with Gasteiger partial charge in [-0.1, -0.05) is 25.6 Å². The molecule has 14 heavy (non-hydrogen) atoms. The fourth-order valence-electron chi connectivity index (χ4n) is 1.03. The van der Waals surface area contributed by atoms with Crippen molar-refractivity contribution in [2.24, 2.45) is 0 Å². The van der Waals surface area contributed by atoms with Gasteiger partial charge in [-0.15, -0.1) is 10.2 Å². The van der Waals surface area contributed by atoms with Crippen LogP contribution in [0.2, 0.25) is 0 Å². The molecule has 2 aromatic rings. The van der Waals surface area contributed by atoms with Crippen LogP contribution in [-0.2, 0) is 0 Å². The number of rotatable bonds is 3. The van der Waals surface area contributed by atoms with Crippen molar-refractivity contribution in [2.75, 3.05) is 0 Å². The Hall–Kier alpha value is -1.23. The van der Waals surface area contributed by atoms with Gasteiger partial charge in [0.1, 0.15) is 5.69 Å². The summed E-state index contributed by atoms with van der Waals surface area (Å²) in [4.78, 5) is 3.01. The summed E-state index contributed by atoms with van der Waals surface area (Å²) in [5, 5.41) is 8.95. The van der Waals surface area contributed by atoms with Crippen molar-refractivity contribution in [3.8, 4) is 11.6 Å². The Morgan fingerprint density at radius 3 is 2.93 bits per heavy atom. The second-order valence-corrected chi connectivity index (χ2v) is 4.65. The predicted octanol–water partition coefficient (Wildman–Crippen LogP) is 2.57. The highest BCUT2D eigenvalue weighted by molar-refractivity contribution is 7.99. The molecule has 0 aliphatic carbocycles. The number of H-pyrrole nitrogens is 1. The first-order valence-corrected chi connectivity index (χ1v) is 5.27. The van der Waals surface area contributed by atoms with Gasteiger partial charge in [-0.2, -0.15) is 0 Å². The maximum absolute atomic E-state index is 5.45. The van der Waals surface area contributed by atoms with E-state index in [-0.39, 0.29) is 0 Å². The molecule has 5 heteroatoms. The van der Waals surface area contributed by atoms with Crippen LogP contribution in [-0.4, -0.2) is 20.4 Å². The highest BCUT2D eigenvalue weighted by Crippen LogP contribution is 2.24. The molecule has 0 amide bonds. The van der Waals surface area contributed by atoms with E-state index in [1.165, 1.54) is 0 Å². The number of aromatic amines is 1. The van der Waals surface area contributed by atoms with E-state index in [0.29, 0.717) is 16.4 Å². The molecule has 0 saturated carbocycles. The Morgan fingerprint density at radius 2 is 2.29 bits per heavy atom. The lowest BCUT2D eigenvalue weighted by atomic mass is 10.4. The number of hydrogen-bond acceptors (Lipinski definition) is 4. The predicted molar refractivity (Wildman–Crippen MR) is 55.1 cm³/mol. The topological polar surface area (TPSA) is 54.7 Å². The Kier molecular flexibility index (Phi) is 2.58. The van der Waals surface area contributed by atoms with Crippen LogP contribution in [0.25, 0.3) is 11.6 Å². The highest BCUT2D eigenvalue weighted by Gasteiger charge is 2.10. The van der Waals surface area contributed by atoms with Gasteiger partial charge in [0.15, 0.2) is 0 Å². The smallest absolute Gasteiger partial charge is 0.277 e. The summed E-state index contributed by atoms with van der Waals surface area (Å²) in [6.07, 6.45) is 1.83. The second kappa shape index (κ2) is 3.88. The van der Waals surface area contributed by atoms with Crippen LogP contribution in [0.3, 0.4) is 0 Å². The van der Waals surface area contributed by atoms with Gasteiger partial charge in [-0.25, -0.2) is 0 Å². The van der Waals surface area contributed by atoms with Crippen LogP contribution in [0.15, 0.2) is 28.0 Å². The molecule has 2 aromatic heterocycles. The van der Waals surface area contributed by atoms with Crippen molar-refractivity contribution in [1.82, 2.24) is 15.2 Å². The molecule has 0 atom stereocenters. The Labute approximate surface area is 86.1 Å². The van der Waals surface area contributed by atoms with E-state index < -0.39 is 0 Å². The van der Waals surface area contributed by atoms with E-state index >= 15 is 0 Å². The molecule has 4 nitrogen and oxygen atoms in total. The monoisotopic (exact) mass is 209 g/mol. The average Bonchev–Trinajstić information content (AvgIpc) is 2.69. The zero-order valence-electron chi connectivity index (χ0n) is 8.02. The van der Waals surface area contributed by atoms with Crippen LogP contribution >= 0.6 is 11.8 Å². The molecule has 0 radical (unpaired) electrons. The first kappa shape index (κ1) is 9.33. The first-order chi connectivity index (χ1) is 6.75. The zero-order valence-corrected chi connectivity index (χ0v) is 8.84. The molecular formula is C9H11N3OS. The van der Waals surface area contributed by atoms with E-state index in [0.717, 1.165) is 5.69 Å². The molecule has 0 saturated heterocycles. The zero-order chi connectivity index (χ0) is 9.97. The van der Waals surface area contributed by atoms with Gasteiger partial charge in [0.2, 0.25) is 0 Å². The molecule has 0 bridgehead atoms. The highest BCUT2D eigenvalue weighted by atomic mass is 32.2. The van der Waals surface area contributed by atoms with Crippen molar-refractivity contribution in [3.05, 3.63) is 18.3 Å². The lowest BCUT2D eigenvalue weighted by Crippen LogP contribution is -1.84. The molecule has 1 N–H and O–H groups in total. The first-order valence-electron chi connectivity index (χ1n) is 4.39. The van der Waals surface area contributed by atoms with Gasteiger partial charge >= 0.3 is 0 Å². The molecule has 2 rings (SSSR count). The summed E-state index contributed by atoms with van der Waals surface area (Å²) in [5.74, 6) is 0.540. The summed E-state index contributed by atoms with van der Waals surface area (Å²) in [6, 6.07) is 3.80. The van der Waals surface area contributed by atoms with Crippen molar-refractivity contribution < 1.29 is 4.42 Å². The summed E-state index contributed by atoms with van der Waals surface area (Å²) < 4.78 is 5.45. The average molecular weight is 209 g/mol. The van der Waals surface area contributed by atoms with Crippen LogP contribution in [0.4, 0.5) is 0 Å². The number of aromatic nitrogens is 3. The lowest BCUT2D eigenvalue weighted by molar-refractivity contribution is 0.464. The fourth-order valence-corrected chi connectivity index (χ4v) is 1.65. The fraction of sp³-hybridized carbons (Fsp3) is 0.333. The van der Waals surface area contributed by atoms with Gasteiger partial charge in [0, 0.05) is 11.4 Å². The number of thioether (sulfide) groups is 1. The van der Waals surface area contributed by atoms with Gasteiger partial charge < -0.3 is 9.40 Å². The maximum atomic E-state index is 5.45. The van der Waals surface area contributed by atoms with Gasteiger partial charge in [0.25, 0.3) is 11.1 Å². The Bertz CT molecular complexity index is 394. The van der Waals surface area contributed by atoms with Crippen molar-refractivity contribution in [2.45, 2.75) is 24.3 Å². The third-order valence-electron chi connectivity index (χ3n) is 1.57. The Balaban J connectivity index is 2.18. The van der Waals surface area contributed by atoms with Crippen molar-refractivity contribution >= 4 is 11.8 Å². The quantitative estimate of drug-likeness (QED) is 0.789. The van der Waals surface area contributed by atoms with Crippen molar-refractivity contribution in [3.63, 3.8) is 0 Å². The summed E-state index contributed by atoms with van der Waals surface area (Å²) in [6.45, 7) is 4.17. The number of nitrogens with zero attached hydrogens (tertiary/aromatic N) is 2. The van der Waals surface area contributed by atoms with Gasteiger partial charge in [0.05, 0.1) is 0 Å².